The van der Waals surface area contributed by atoms with Crippen molar-refractivity contribution in [1.82, 2.24) is 35.6 Å². The predicted octanol–water partition coefficient (Wildman–Crippen LogP) is 4.87. The van der Waals surface area contributed by atoms with Crippen molar-refractivity contribution in [2.24, 2.45) is 23.7 Å². The topological polar surface area (TPSA) is 198 Å². The number of nitrogens with one attached hydrogen (secondary N) is 3. The van der Waals surface area contributed by atoms with Gasteiger partial charge in [-0.2, -0.15) is 13.2 Å². The monoisotopic (exact) mass is 983 g/mol. The molecule has 1 unspecified atom stereocenters. The zero-order valence-electron chi connectivity index (χ0n) is 38.8. The van der Waals surface area contributed by atoms with Gasteiger partial charge in [0.05, 0.1) is 16.3 Å². The second-order valence-electron chi connectivity index (χ2n) is 18.7. The predicted molar refractivity (Wildman–Crippen MR) is 242 cm³/mol. The lowest BCUT2D eigenvalue weighted by Crippen LogP contribution is -2.61. The van der Waals surface area contributed by atoms with E-state index < -0.39 is 120 Å². The van der Waals surface area contributed by atoms with Crippen LogP contribution in [0.5, 0.6) is 0 Å². The highest BCUT2D eigenvalue weighted by Gasteiger charge is 2.60. The Morgan fingerprint density at radius 1 is 1.01 bits per heavy atom. The van der Waals surface area contributed by atoms with Gasteiger partial charge in [-0.15, -0.1) is 11.3 Å². The third kappa shape index (κ3) is 12.7. The van der Waals surface area contributed by atoms with Gasteiger partial charge < -0.3 is 35.8 Å². The van der Waals surface area contributed by atoms with Crippen LogP contribution in [-0.2, 0) is 40.0 Å². The van der Waals surface area contributed by atoms with Crippen LogP contribution >= 0.6 is 22.9 Å². The molecule has 3 fully saturated rings. The number of ketones is 1. The van der Waals surface area contributed by atoms with E-state index >= 15 is 0 Å². The van der Waals surface area contributed by atoms with Crippen molar-refractivity contribution in [3.05, 3.63) is 40.5 Å². The van der Waals surface area contributed by atoms with Crippen LogP contribution in [0, 0.1) is 23.7 Å². The van der Waals surface area contributed by atoms with Gasteiger partial charge in [-0.3, -0.25) is 38.5 Å². The molecule has 2 aromatic rings. The first-order valence-electron chi connectivity index (χ1n) is 22.8. The number of carbonyl (C=O) groups is 7. The van der Waals surface area contributed by atoms with E-state index in [2.05, 4.69) is 20.9 Å². The van der Waals surface area contributed by atoms with E-state index in [-0.39, 0.29) is 45.2 Å². The van der Waals surface area contributed by atoms with Crippen molar-refractivity contribution >= 4 is 64.2 Å². The molecule has 6 amide bonds. The quantitative estimate of drug-likeness (QED) is 0.203. The molecule has 2 heterocycles. The number of likely N-dealkylation sites (N-methyl/N-ethyl adjacent to an activating group) is 3. The maximum Gasteiger partial charge on any atom is 0.424 e. The maximum atomic E-state index is 14.8. The molecule has 67 heavy (non-hydrogen) atoms. The number of Topliss-reactive ketones (excluding diaryl/α,β-unsaturated/α-hetero) is 1. The number of thiazole rings is 1. The molecule has 1 saturated heterocycles. The Morgan fingerprint density at radius 2 is 1.69 bits per heavy atom. The number of halogens is 5. The Kier molecular flexibility index (Phi) is 17.6. The first kappa shape index (κ1) is 53.3. The summed E-state index contributed by atoms with van der Waals surface area (Å²) in [7, 11) is 3.00. The fraction of sp³-hybridized carbons (Fsp3) is 0.652. The van der Waals surface area contributed by atoms with E-state index in [9.17, 15) is 56.2 Å². The molecule has 1 aliphatic heterocycles. The van der Waals surface area contributed by atoms with Gasteiger partial charge in [-0.25, -0.2) is 4.39 Å². The maximum absolute atomic E-state index is 14.8. The van der Waals surface area contributed by atoms with Crippen molar-refractivity contribution in [3.63, 3.8) is 0 Å². The summed E-state index contributed by atoms with van der Waals surface area (Å²) in [6.45, 7) is 7.27. The standard InChI is InChI=1S/C46H62ClF4N7O8S/c1-8-58(44(65)37(26-12-13-26)55-39(60)32-21-29(48)20-31(32)38(59)45(5,66)46(49,50)51)34-11-9-10-16-56(6)42(63)25(4)53-41(62)35(57(7)43(64)33(17-24(2)3)54-40(34)61)19-27-18-28(47)14-15-30(27)36-22-52-23-67-36/h14-15,18,22-26,29,31-35,37,66H,8-13,16-17,19-21H2,1-7H3,(H,53,62)(H,54,61)(H,55,60)/t25-,29+,31?,32-,33+,34+,35+,37+,45-/m1/s1. The Labute approximate surface area is 397 Å². The molecule has 0 radical (unpaired) electrons. The van der Waals surface area contributed by atoms with Crippen LogP contribution in [0.1, 0.15) is 91.5 Å². The average molecular weight is 985 g/mol. The second kappa shape index (κ2) is 22.2. The molecule has 2 aliphatic carbocycles. The van der Waals surface area contributed by atoms with Crippen LogP contribution in [0.15, 0.2) is 29.9 Å². The molecule has 1 aromatic heterocycles. The Balaban J connectivity index is 1.47. The molecule has 21 heteroatoms. The first-order valence-corrected chi connectivity index (χ1v) is 24.0. The minimum absolute atomic E-state index is 0.0423. The normalized spacial score (nSPS) is 26.4. The van der Waals surface area contributed by atoms with E-state index in [0.717, 1.165) is 10.4 Å². The first-order chi connectivity index (χ1) is 31.4. The summed E-state index contributed by atoms with van der Waals surface area (Å²) < 4.78 is 55.9. The zero-order valence-corrected chi connectivity index (χ0v) is 40.4. The SMILES string of the molecule is CCN(C(=O)[C@@H](NC(=O)[C@@H]1C[C@@H](F)CC1C(=O)[C@@](C)(O)C(F)(F)F)C1CC1)[C@H]1CCCCN(C)C(=O)[C@@H](C)NC(=O)[C@H](Cc2cc(Cl)ccc2-c2cncs2)N(C)C(=O)[C@H](CC(C)C)NC1=O. The highest BCUT2D eigenvalue weighted by molar-refractivity contribution is 7.13. The fourth-order valence-corrected chi connectivity index (χ4v) is 9.93. The molecule has 0 spiro atoms. The molecule has 15 nitrogen and oxygen atoms in total. The number of rotatable bonds is 13. The number of hydrogen-bond acceptors (Lipinski definition) is 10. The van der Waals surface area contributed by atoms with Crippen LogP contribution in [0.4, 0.5) is 17.6 Å². The van der Waals surface area contributed by atoms with E-state index in [1.807, 2.05) is 13.8 Å². The van der Waals surface area contributed by atoms with Crippen LogP contribution in [0.25, 0.3) is 10.4 Å². The van der Waals surface area contributed by atoms with Crippen molar-refractivity contribution in [1.29, 1.82) is 0 Å². The number of aromatic nitrogens is 1. The van der Waals surface area contributed by atoms with Crippen LogP contribution in [0.2, 0.25) is 5.02 Å². The van der Waals surface area contributed by atoms with E-state index in [1.54, 1.807) is 50.8 Å². The van der Waals surface area contributed by atoms with E-state index in [4.69, 9.17) is 11.6 Å². The van der Waals surface area contributed by atoms with E-state index in [1.165, 1.54) is 33.1 Å². The summed E-state index contributed by atoms with van der Waals surface area (Å²) in [5.41, 5.74) is -0.840. The zero-order chi connectivity index (χ0) is 49.7. The molecule has 1 aromatic carbocycles. The summed E-state index contributed by atoms with van der Waals surface area (Å²) >= 11 is 7.84. The molecular weight excluding hydrogens is 922 g/mol. The highest BCUT2D eigenvalue weighted by atomic mass is 35.5. The summed E-state index contributed by atoms with van der Waals surface area (Å²) in [5.74, 6) is -9.87. The van der Waals surface area contributed by atoms with Gasteiger partial charge in [0.15, 0.2) is 5.78 Å². The number of aliphatic hydroxyl groups is 1. The van der Waals surface area contributed by atoms with Crippen molar-refractivity contribution in [2.75, 3.05) is 27.2 Å². The summed E-state index contributed by atoms with van der Waals surface area (Å²) in [5, 5.41) is 18.8. The van der Waals surface area contributed by atoms with Gasteiger partial charge in [-0.05, 0) is 107 Å². The molecular formula is C46H62ClF4N7O8S. The highest BCUT2D eigenvalue weighted by Crippen LogP contribution is 2.42. The minimum Gasteiger partial charge on any atom is -0.374 e. The van der Waals surface area contributed by atoms with Gasteiger partial charge in [0.2, 0.25) is 41.0 Å². The lowest BCUT2D eigenvalue weighted by atomic mass is 9.82. The Bertz CT molecular complexity index is 2140. The van der Waals surface area contributed by atoms with Gasteiger partial charge >= 0.3 is 6.18 Å². The van der Waals surface area contributed by atoms with Crippen molar-refractivity contribution < 1.29 is 56.2 Å². The second-order valence-corrected chi connectivity index (χ2v) is 20.0. The number of amides is 6. The number of alkyl halides is 4. The molecule has 0 bridgehead atoms. The number of benzene rings is 1. The third-order valence-electron chi connectivity index (χ3n) is 13.1. The molecule has 4 N–H and O–H groups in total. The van der Waals surface area contributed by atoms with Gasteiger partial charge in [-0.1, -0.05) is 31.5 Å². The number of hydrogen-bond donors (Lipinski definition) is 4. The van der Waals surface area contributed by atoms with Gasteiger partial charge in [0, 0.05) is 50.7 Å². The largest absolute Gasteiger partial charge is 0.424 e. The number of nitrogens with zero attached hydrogens (tertiary/aromatic N) is 4. The minimum atomic E-state index is -5.39. The molecule has 2 saturated carbocycles. The van der Waals surface area contributed by atoms with Crippen LogP contribution in [-0.4, -0.2) is 141 Å². The van der Waals surface area contributed by atoms with Gasteiger partial charge in [0.1, 0.15) is 36.4 Å². The fourth-order valence-electron chi connectivity index (χ4n) is 9.06. The lowest BCUT2D eigenvalue weighted by molar-refractivity contribution is -0.246. The van der Waals surface area contributed by atoms with Crippen LogP contribution < -0.4 is 16.0 Å². The summed E-state index contributed by atoms with van der Waals surface area (Å²) in [4.78, 5) is 108. The van der Waals surface area contributed by atoms with Gasteiger partial charge in [0.25, 0.3) is 0 Å². The lowest BCUT2D eigenvalue weighted by Gasteiger charge is -2.36. The molecule has 5 rings (SSSR count). The Morgan fingerprint density at radius 3 is 2.28 bits per heavy atom. The third-order valence-corrected chi connectivity index (χ3v) is 14.2. The summed E-state index contributed by atoms with van der Waals surface area (Å²) in [6, 6.07) is -0.776. The smallest absolute Gasteiger partial charge is 0.374 e. The molecule has 370 valence electrons. The summed E-state index contributed by atoms with van der Waals surface area (Å²) in [6.07, 6.45) is -5.14. The molecule has 9 atom stereocenters. The number of carbonyl (C=O) groups excluding carboxylic acids is 7. The molecule has 3 aliphatic rings. The van der Waals surface area contributed by atoms with E-state index in [0.29, 0.717) is 36.3 Å². The van der Waals surface area contributed by atoms with Crippen molar-refractivity contribution in [2.45, 2.75) is 141 Å². The van der Waals surface area contributed by atoms with Crippen LogP contribution in [0.3, 0.4) is 0 Å². The Hall–Kier alpha value is -4.69. The average Bonchev–Trinajstić information content (AvgIpc) is 3.80. The van der Waals surface area contributed by atoms with Crippen molar-refractivity contribution in [3.8, 4) is 10.4 Å².